The normalized spacial score (nSPS) is 13.2. The van der Waals surface area contributed by atoms with Crippen LogP contribution in [-0.2, 0) is 16.6 Å². The lowest BCUT2D eigenvalue weighted by Crippen LogP contribution is -2.27. The highest BCUT2D eigenvalue weighted by molar-refractivity contribution is 7.89. The highest BCUT2D eigenvalue weighted by Crippen LogP contribution is 2.30. The van der Waals surface area contributed by atoms with E-state index in [-0.39, 0.29) is 17.2 Å². The smallest absolute Gasteiger partial charge is 0.246 e. The number of Topliss-reactive ketones (excluding diaryl/α,β-unsaturated/α-hetero) is 1. The fourth-order valence-corrected chi connectivity index (χ4v) is 5.67. The van der Waals surface area contributed by atoms with Crippen molar-refractivity contribution >= 4 is 26.7 Å². The molecule has 4 aromatic rings. The maximum absolute atomic E-state index is 13.5. The molecule has 0 amide bonds. The van der Waals surface area contributed by atoms with Crippen LogP contribution in [0.3, 0.4) is 0 Å². The molecule has 0 aliphatic heterocycles. The molecule has 1 unspecified atom stereocenters. The average molecular weight is 455 g/mol. The van der Waals surface area contributed by atoms with E-state index < -0.39 is 16.1 Å². The van der Waals surface area contributed by atoms with Crippen LogP contribution in [0, 0.1) is 20.8 Å². The fourth-order valence-electron chi connectivity index (χ4n) is 4.18. The van der Waals surface area contributed by atoms with Crippen LogP contribution in [0.15, 0.2) is 52.0 Å². The van der Waals surface area contributed by atoms with E-state index in [0.29, 0.717) is 22.7 Å². The molecule has 0 spiro atoms. The van der Waals surface area contributed by atoms with Gasteiger partial charge in [-0.2, -0.15) is 9.40 Å². The first-order chi connectivity index (χ1) is 15.1. The number of carbonyl (C=O) groups excluding carboxylic acids is 1. The molecule has 32 heavy (non-hydrogen) atoms. The Morgan fingerprint density at radius 3 is 2.59 bits per heavy atom. The third-order valence-electron chi connectivity index (χ3n) is 5.77. The van der Waals surface area contributed by atoms with E-state index >= 15 is 0 Å². The quantitative estimate of drug-likeness (QED) is 0.423. The van der Waals surface area contributed by atoms with Crippen LogP contribution in [0.2, 0.25) is 0 Å². The van der Waals surface area contributed by atoms with Crippen molar-refractivity contribution in [2.24, 2.45) is 0 Å². The van der Waals surface area contributed by atoms with Gasteiger partial charge in [0, 0.05) is 29.2 Å². The second kappa shape index (κ2) is 8.07. The number of para-hydroxylation sites is 1. The van der Waals surface area contributed by atoms with Crippen molar-refractivity contribution in [2.45, 2.75) is 45.2 Å². The highest BCUT2D eigenvalue weighted by Gasteiger charge is 2.32. The fraction of sp³-hybridized carbons (Fsp3) is 0.304. The van der Waals surface area contributed by atoms with Gasteiger partial charge in [-0.1, -0.05) is 18.2 Å². The van der Waals surface area contributed by atoms with Crippen LogP contribution in [0.5, 0.6) is 0 Å². The first-order valence-electron chi connectivity index (χ1n) is 10.3. The first kappa shape index (κ1) is 22.0. The van der Waals surface area contributed by atoms with Gasteiger partial charge in [-0.05, 0) is 45.9 Å². The van der Waals surface area contributed by atoms with Crippen LogP contribution < -0.4 is 0 Å². The molecule has 0 aliphatic rings. The summed E-state index contributed by atoms with van der Waals surface area (Å²) in [5.74, 6) is 0.413. The average Bonchev–Trinajstić information content (AvgIpc) is 3.44. The Kier molecular flexibility index (Phi) is 5.56. The minimum atomic E-state index is -3.84. The zero-order chi connectivity index (χ0) is 23.2. The molecule has 1 atom stereocenters. The number of sulfonamides is 1. The lowest BCUT2D eigenvalue weighted by atomic mass is 10.0. The van der Waals surface area contributed by atoms with Crippen molar-refractivity contribution < 1.29 is 17.6 Å². The van der Waals surface area contributed by atoms with Crippen molar-refractivity contribution in [1.82, 2.24) is 19.1 Å². The molecule has 0 fully saturated rings. The van der Waals surface area contributed by atoms with Gasteiger partial charge in [0.15, 0.2) is 5.78 Å². The number of nitrogens with one attached hydrogen (secondary N) is 1. The number of aromatic nitrogens is 3. The molecular formula is C23H26N4O4S. The lowest BCUT2D eigenvalue weighted by molar-refractivity contribution is 0.0927. The van der Waals surface area contributed by atoms with Gasteiger partial charge < -0.3 is 9.40 Å². The maximum Gasteiger partial charge on any atom is 0.246 e. The molecule has 3 aromatic heterocycles. The molecule has 1 aromatic carbocycles. The van der Waals surface area contributed by atoms with E-state index in [1.165, 1.54) is 22.3 Å². The van der Waals surface area contributed by atoms with Gasteiger partial charge in [-0.25, -0.2) is 8.42 Å². The highest BCUT2D eigenvalue weighted by atomic mass is 32.2. The zero-order valence-corrected chi connectivity index (χ0v) is 19.5. The molecule has 0 bridgehead atoms. The standard InChI is InChI=1S/C23H26N4O4S/c1-14-21(19-10-6-7-11-20(19)24-14)22(28)16(3)27-17(4)23(15(2)25-27)32(29,30)26(5)13-18-9-8-12-31-18/h6-12,16,24H,13H2,1-5H3. The summed E-state index contributed by atoms with van der Waals surface area (Å²) in [7, 11) is -2.34. The second-order valence-electron chi connectivity index (χ2n) is 8.00. The number of aromatic amines is 1. The number of fused-ring (bicyclic) bond motifs is 1. The van der Waals surface area contributed by atoms with Crippen molar-refractivity contribution in [1.29, 1.82) is 0 Å². The Labute approximate surface area is 186 Å². The van der Waals surface area contributed by atoms with E-state index in [1.54, 1.807) is 32.9 Å². The second-order valence-corrected chi connectivity index (χ2v) is 9.98. The molecule has 4 rings (SSSR count). The van der Waals surface area contributed by atoms with Gasteiger partial charge in [-0.3, -0.25) is 9.48 Å². The molecule has 0 radical (unpaired) electrons. The molecular weight excluding hydrogens is 428 g/mol. The topological polar surface area (TPSA) is 101 Å². The van der Waals surface area contributed by atoms with Gasteiger partial charge in [0.2, 0.25) is 10.0 Å². The summed E-state index contributed by atoms with van der Waals surface area (Å²) in [6, 6.07) is 10.4. The van der Waals surface area contributed by atoms with Crippen LogP contribution in [0.25, 0.3) is 10.9 Å². The Hall–Kier alpha value is -3.17. The van der Waals surface area contributed by atoms with Crippen LogP contribution in [-0.4, -0.2) is 40.3 Å². The number of rotatable bonds is 7. The summed E-state index contributed by atoms with van der Waals surface area (Å²) in [5, 5.41) is 5.29. The number of hydrogen-bond acceptors (Lipinski definition) is 5. The van der Waals surface area contributed by atoms with Crippen molar-refractivity contribution in [3.05, 3.63) is 71.1 Å². The van der Waals surface area contributed by atoms with Gasteiger partial charge in [0.05, 0.1) is 24.2 Å². The monoisotopic (exact) mass is 454 g/mol. The first-order valence-corrected chi connectivity index (χ1v) is 11.7. The SMILES string of the molecule is Cc1nn(C(C)C(=O)c2c(C)[nH]c3ccccc23)c(C)c1S(=O)(=O)N(C)Cc1ccco1. The maximum atomic E-state index is 13.5. The minimum Gasteiger partial charge on any atom is -0.468 e. The number of benzene rings is 1. The Morgan fingerprint density at radius 1 is 1.19 bits per heavy atom. The number of ketones is 1. The largest absolute Gasteiger partial charge is 0.468 e. The minimum absolute atomic E-state index is 0.0996. The predicted octanol–water partition coefficient (Wildman–Crippen LogP) is 4.15. The summed E-state index contributed by atoms with van der Waals surface area (Å²) < 4.78 is 34.6. The van der Waals surface area contributed by atoms with Gasteiger partial charge >= 0.3 is 0 Å². The van der Waals surface area contributed by atoms with Crippen molar-refractivity contribution in [2.75, 3.05) is 7.05 Å². The Bertz CT molecular complexity index is 1400. The Morgan fingerprint density at radius 2 is 1.91 bits per heavy atom. The van der Waals surface area contributed by atoms with E-state index in [4.69, 9.17) is 4.42 Å². The Balaban J connectivity index is 1.70. The number of furan rings is 1. The molecule has 8 nitrogen and oxygen atoms in total. The van der Waals surface area contributed by atoms with E-state index in [1.807, 2.05) is 31.2 Å². The third kappa shape index (κ3) is 3.57. The molecule has 0 saturated carbocycles. The number of hydrogen-bond donors (Lipinski definition) is 1. The predicted molar refractivity (Wildman–Crippen MR) is 121 cm³/mol. The molecule has 168 valence electrons. The number of H-pyrrole nitrogens is 1. The van der Waals surface area contributed by atoms with Crippen LogP contribution >= 0.6 is 0 Å². The van der Waals surface area contributed by atoms with E-state index in [9.17, 15) is 13.2 Å². The van der Waals surface area contributed by atoms with Gasteiger partial charge in [0.1, 0.15) is 16.7 Å². The molecule has 9 heteroatoms. The zero-order valence-electron chi connectivity index (χ0n) is 18.7. The molecule has 0 saturated heterocycles. The summed E-state index contributed by atoms with van der Waals surface area (Å²) in [4.78, 5) is 16.8. The summed E-state index contributed by atoms with van der Waals surface area (Å²) in [6.07, 6.45) is 1.50. The van der Waals surface area contributed by atoms with E-state index in [2.05, 4.69) is 10.1 Å². The van der Waals surface area contributed by atoms with Crippen LogP contribution in [0.1, 0.15) is 46.2 Å². The lowest BCUT2D eigenvalue weighted by Gasteiger charge is -2.17. The van der Waals surface area contributed by atoms with Crippen molar-refractivity contribution in [3.63, 3.8) is 0 Å². The summed E-state index contributed by atoms with van der Waals surface area (Å²) in [5.41, 5.74) is 3.03. The third-order valence-corrected chi connectivity index (χ3v) is 7.83. The molecule has 0 aliphatic carbocycles. The number of aryl methyl sites for hydroxylation is 2. The molecule has 3 heterocycles. The summed E-state index contributed by atoms with van der Waals surface area (Å²) in [6.45, 7) is 7.03. The summed E-state index contributed by atoms with van der Waals surface area (Å²) >= 11 is 0. The van der Waals surface area contributed by atoms with E-state index in [0.717, 1.165) is 16.6 Å². The van der Waals surface area contributed by atoms with Gasteiger partial charge in [0.25, 0.3) is 0 Å². The molecule has 1 N–H and O–H groups in total. The van der Waals surface area contributed by atoms with Gasteiger partial charge in [-0.15, -0.1) is 0 Å². The number of nitrogens with zero attached hydrogens (tertiary/aromatic N) is 3. The van der Waals surface area contributed by atoms with Crippen LogP contribution in [0.4, 0.5) is 0 Å². The number of carbonyl (C=O) groups is 1. The van der Waals surface area contributed by atoms with Crippen molar-refractivity contribution in [3.8, 4) is 0 Å².